The molecular weight excluding hydrogens is 881 g/mol. The lowest BCUT2D eigenvalue weighted by molar-refractivity contribution is -0.340. The number of ether oxygens (including phenoxy) is 6. The summed E-state index contributed by atoms with van der Waals surface area (Å²) in [7, 11) is 0. The van der Waals surface area contributed by atoms with E-state index in [1.54, 1.807) is 13.8 Å². The molecule has 19 nitrogen and oxygen atoms in total. The molecule has 11 N–H and O–H groups in total. The highest BCUT2D eigenvalue weighted by Crippen LogP contribution is 2.74. The number of fused-ring (bicyclic) bond motifs is 5. The number of carbonyl (C=O) groups excluding carboxylic acids is 2. The first-order valence-electron chi connectivity index (χ1n) is 24.2. The second kappa shape index (κ2) is 19.4. The molecule has 7 rings (SSSR count). The van der Waals surface area contributed by atoms with Crippen molar-refractivity contribution in [3.8, 4) is 0 Å². The van der Waals surface area contributed by atoms with Crippen molar-refractivity contribution < 1.29 is 94.2 Å². The Labute approximate surface area is 392 Å². The first-order valence-corrected chi connectivity index (χ1v) is 24.2. The van der Waals surface area contributed by atoms with Gasteiger partial charge in [-0.05, 0) is 86.9 Å². The Balaban J connectivity index is 1.00. The molecule has 3 saturated carbocycles. The van der Waals surface area contributed by atoms with E-state index >= 15 is 0 Å². The van der Waals surface area contributed by atoms with Crippen LogP contribution in [0.1, 0.15) is 107 Å². The van der Waals surface area contributed by atoms with Gasteiger partial charge in [-0.15, -0.1) is 0 Å². The number of carbonyl (C=O) groups is 2. The van der Waals surface area contributed by atoms with Gasteiger partial charge in [-0.1, -0.05) is 53.2 Å². The average Bonchev–Trinajstić information content (AvgIpc) is 3.55. The lowest BCUT2D eigenvalue weighted by Gasteiger charge is -2.65. The highest BCUT2D eigenvalue weighted by Gasteiger charge is 2.70. The van der Waals surface area contributed by atoms with Crippen LogP contribution in [0.25, 0.3) is 0 Å². The highest BCUT2D eigenvalue weighted by molar-refractivity contribution is 5.88. The Morgan fingerprint density at radius 1 is 0.731 bits per heavy atom. The smallest absolute Gasteiger partial charge is 0.187 e. The van der Waals surface area contributed by atoms with E-state index in [-0.39, 0.29) is 52.5 Å². The van der Waals surface area contributed by atoms with Crippen molar-refractivity contribution in [3.63, 3.8) is 0 Å². The van der Waals surface area contributed by atoms with Gasteiger partial charge in [0.15, 0.2) is 24.7 Å². The monoisotopic (exact) mass is 959 g/mol. The predicted octanol–water partition coefficient (Wildman–Crippen LogP) is -0.640. The fourth-order valence-electron chi connectivity index (χ4n) is 13.7. The molecule has 3 saturated heterocycles. The van der Waals surface area contributed by atoms with Gasteiger partial charge in [-0.3, -0.25) is 9.59 Å². The van der Waals surface area contributed by atoms with E-state index < -0.39 is 134 Å². The summed E-state index contributed by atoms with van der Waals surface area (Å²) in [5.74, 6) is 0.176. The van der Waals surface area contributed by atoms with E-state index in [4.69, 9.17) is 28.4 Å². The predicted molar refractivity (Wildman–Crippen MR) is 233 cm³/mol. The number of aliphatic hydroxyl groups is 11. The molecule has 0 aromatic carbocycles. The van der Waals surface area contributed by atoms with Gasteiger partial charge >= 0.3 is 0 Å². The molecule has 384 valence electrons. The van der Waals surface area contributed by atoms with Crippen LogP contribution in [0.5, 0.6) is 0 Å². The third-order valence-corrected chi connectivity index (χ3v) is 18.3. The van der Waals surface area contributed by atoms with Gasteiger partial charge in [0.1, 0.15) is 84.6 Å². The minimum Gasteiger partial charge on any atom is -0.394 e. The first kappa shape index (κ1) is 53.2. The Kier molecular flexibility index (Phi) is 15.4. The largest absolute Gasteiger partial charge is 0.394 e. The topological polar surface area (TPSA) is 312 Å². The summed E-state index contributed by atoms with van der Waals surface area (Å²) in [4.78, 5) is 28.7. The highest BCUT2D eigenvalue weighted by atomic mass is 16.7. The Morgan fingerprint density at radius 3 is 1.87 bits per heavy atom. The maximum absolute atomic E-state index is 15.0. The second-order valence-corrected chi connectivity index (χ2v) is 22.6. The van der Waals surface area contributed by atoms with Crippen molar-refractivity contribution in [1.82, 2.24) is 0 Å². The van der Waals surface area contributed by atoms with E-state index in [1.807, 2.05) is 13.8 Å². The van der Waals surface area contributed by atoms with Crippen molar-refractivity contribution in [2.45, 2.75) is 211 Å². The molecule has 23 unspecified atom stereocenters. The Hall–Kier alpha value is -1.60. The van der Waals surface area contributed by atoms with Crippen LogP contribution in [0.15, 0.2) is 11.6 Å². The number of hydrogen-bond donors (Lipinski definition) is 11. The molecule has 0 bridgehead atoms. The first-order chi connectivity index (χ1) is 31.2. The van der Waals surface area contributed by atoms with Crippen LogP contribution in [-0.4, -0.2) is 191 Å². The number of hydrogen-bond acceptors (Lipinski definition) is 19. The lowest BCUT2D eigenvalue weighted by atomic mass is 9.38. The quantitative estimate of drug-likeness (QED) is 0.0965. The number of ketones is 2. The van der Waals surface area contributed by atoms with Crippen LogP contribution in [0, 0.1) is 45.3 Å². The summed E-state index contributed by atoms with van der Waals surface area (Å²) in [5, 5.41) is 114. The van der Waals surface area contributed by atoms with E-state index in [0.29, 0.717) is 32.1 Å². The summed E-state index contributed by atoms with van der Waals surface area (Å²) in [5.41, 5.74) is -2.19. The molecule has 6 fully saturated rings. The molecular formula is C48H78O19. The van der Waals surface area contributed by atoms with Gasteiger partial charge in [0.25, 0.3) is 0 Å². The maximum Gasteiger partial charge on any atom is 0.187 e. The van der Waals surface area contributed by atoms with E-state index in [9.17, 15) is 65.8 Å². The number of aliphatic hydroxyl groups excluding tert-OH is 11. The summed E-state index contributed by atoms with van der Waals surface area (Å²) in [6, 6.07) is 0. The molecule has 0 aromatic heterocycles. The van der Waals surface area contributed by atoms with Gasteiger partial charge in [0.05, 0.1) is 25.9 Å². The Bertz CT molecular complexity index is 1810. The van der Waals surface area contributed by atoms with Crippen LogP contribution in [0.4, 0.5) is 0 Å². The van der Waals surface area contributed by atoms with Gasteiger partial charge in [-0.25, -0.2) is 0 Å². The minimum atomic E-state index is -1.70. The molecule has 0 amide bonds. The van der Waals surface area contributed by atoms with Crippen LogP contribution < -0.4 is 0 Å². The van der Waals surface area contributed by atoms with Crippen molar-refractivity contribution in [1.29, 1.82) is 0 Å². The van der Waals surface area contributed by atoms with Crippen molar-refractivity contribution >= 4 is 11.6 Å². The van der Waals surface area contributed by atoms with Crippen molar-refractivity contribution in [2.24, 2.45) is 45.3 Å². The van der Waals surface area contributed by atoms with Crippen LogP contribution >= 0.6 is 0 Å². The Morgan fingerprint density at radius 2 is 1.27 bits per heavy atom. The molecule has 67 heavy (non-hydrogen) atoms. The third kappa shape index (κ3) is 8.95. The normalized spacial score (nSPS) is 49.3. The van der Waals surface area contributed by atoms with E-state index in [1.165, 1.54) is 0 Å². The SMILES string of the molecule is CC(CCC(=O)C(C)(C)OC1OC(CO)C(O)C(O)C1O)C1CCC2(C)C3CC=C4C(CCC(OC5OC(COC6OC(CO)C(O)C(O)C6O)C(O)C(O)C5O)C4(C)C)C3(C)C(=O)CC12C. The number of allylic oxidation sites excluding steroid dienone is 1. The number of Topliss-reactive ketones (excluding diaryl/α,β-unsaturated/α-hetero) is 2. The maximum atomic E-state index is 15.0. The zero-order chi connectivity index (χ0) is 49.5. The molecule has 3 heterocycles. The molecule has 19 heteroatoms. The van der Waals surface area contributed by atoms with Gasteiger partial charge in [0, 0.05) is 23.7 Å². The van der Waals surface area contributed by atoms with Crippen LogP contribution in [0.3, 0.4) is 0 Å². The van der Waals surface area contributed by atoms with Gasteiger partial charge < -0.3 is 84.6 Å². The fraction of sp³-hybridized carbons (Fsp3) is 0.917. The molecule has 0 radical (unpaired) electrons. The summed E-state index contributed by atoms with van der Waals surface area (Å²) < 4.78 is 35.0. The average molecular weight is 959 g/mol. The molecule has 0 aromatic rings. The zero-order valence-corrected chi connectivity index (χ0v) is 40.1. The number of rotatable bonds is 14. The third-order valence-electron chi connectivity index (χ3n) is 18.3. The summed E-state index contributed by atoms with van der Waals surface area (Å²) in [6.07, 6.45) is -16.4. The summed E-state index contributed by atoms with van der Waals surface area (Å²) in [6.45, 7) is 14.3. The van der Waals surface area contributed by atoms with E-state index in [0.717, 1.165) is 18.4 Å². The van der Waals surface area contributed by atoms with Crippen LogP contribution in [0.2, 0.25) is 0 Å². The van der Waals surface area contributed by atoms with E-state index in [2.05, 4.69) is 33.8 Å². The van der Waals surface area contributed by atoms with Gasteiger partial charge in [0.2, 0.25) is 0 Å². The molecule has 0 spiro atoms. The molecule has 23 atom stereocenters. The second-order valence-electron chi connectivity index (χ2n) is 22.6. The van der Waals surface area contributed by atoms with Crippen molar-refractivity contribution in [2.75, 3.05) is 19.8 Å². The fourth-order valence-corrected chi connectivity index (χ4v) is 13.7. The molecule has 7 aliphatic rings. The van der Waals surface area contributed by atoms with Crippen molar-refractivity contribution in [3.05, 3.63) is 11.6 Å². The van der Waals surface area contributed by atoms with Gasteiger partial charge in [-0.2, -0.15) is 0 Å². The minimum absolute atomic E-state index is 0.0440. The zero-order valence-electron chi connectivity index (χ0n) is 40.1. The molecule has 4 aliphatic carbocycles. The summed E-state index contributed by atoms with van der Waals surface area (Å²) >= 11 is 0. The molecule has 3 aliphatic heterocycles. The lowest BCUT2D eigenvalue weighted by Crippen LogP contribution is -2.64. The van der Waals surface area contributed by atoms with Crippen LogP contribution in [-0.2, 0) is 38.0 Å². The standard InChI is InChI=1S/C48H78O19/c1-21(9-13-29(51)45(4,5)67-43-40(61)36(57)33(54)26(19-50)64-43)22-15-16-46(6)28-12-10-23-24(48(28,8)30(52)17-47(22,46)7)11-14-31(44(23,2)3)66-42-39(60)37(58)34(55)27(65-42)20-62-41-38(59)35(56)32(53)25(18-49)63-41/h10,21-22,24-28,31-43,49-50,53-61H,9,11-20H2,1-8H3.